The Labute approximate surface area is 165 Å². The van der Waals surface area contributed by atoms with Gasteiger partial charge in [0.15, 0.2) is 0 Å². The van der Waals surface area contributed by atoms with Crippen LogP contribution < -0.4 is 10.9 Å². The third-order valence-corrected chi connectivity index (χ3v) is 4.51. The van der Waals surface area contributed by atoms with E-state index in [0.29, 0.717) is 22.4 Å². The molecule has 0 aliphatic rings. The fourth-order valence-corrected chi connectivity index (χ4v) is 3.11. The van der Waals surface area contributed by atoms with Crippen LogP contribution in [0.2, 0.25) is 0 Å². The highest BCUT2D eigenvalue weighted by Gasteiger charge is 2.18. The van der Waals surface area contributed by atoms with E-state index in [-0.39, 0.29) is 12.1 Å². The molecule has 0 saturated carbocycles. The van der Waals surface area contributed by atoms with Crippen LogP contribution >= 0.6 is 0 Å². The van der Waals surface area contributed by atoms with Gasteiger partial charge in [0.1, 0.15) is 22.8 Å². The minimum absolute atomic E-state index is 0.0389. The van der Waals surface area contributed by atoms with Gasteiger partial charge in [-0.25, -0.2) is 14.4 Å². The first kappa shape index (κ1) is 18.5. The van der Waals surface area contributed by atoms with Gasteiger partial charge in [-0.15, -0.1) is 0 Å². The Hall–Kier alpha value is -3.87. The molecule has 0 spiro atoms. The molecule has 0 unspecified atom stereocenters. The van der Waals surface area contributed by atoms with Gasteiger partial charge in [0.25, 0.3) is 11.5 Å². The second-order valence-corrected chi connectivity index (χ2v) is 6.58. The van der Waals surface area contributed by atoms with Gasteiger partial charge >= 0.3 is 0 Å². The van der Waals surface area contributed by atoms with Crippen molar-refractivity contribution >= 4 is 22.8 Å². The summed E-state index contributed by atoms with van der Waals surface area (Å²) in [6.45, 7) is 1.77. The Morgan fingerprint density at radius 3 is 2.72 bits per heavy atom. The number of hydrogen-bond acceptors (Lipinski definition) is 4. The van der Waals surface area contributed by atoms with Crippen molar-refractivity contribution in [2.75, 3.05) is 5.32 Å². The van der Waals surface area contributed by atoms with Crippen LogP contribution in [0.25, 0.3) is 11.0 Å². The van der Waals surface area contributed by atoms with Gasteiger partial charge in [0.05, 0.1) is 6.54 Å². The van der Waals surface area contributed by atoms with E-state index in [1.54, 1.807) is 61.7 Å². The molecular formula is C22H17FN4O2. The largest absolute Gasteiger partial charge is 0.306 e. The van der Waals surface area contributed by atoms with Gasteiger partial charge in [-0.3, -0.25) is 14.2 Å². The predicted octanol–water partition coefficient (Wildman–Crippen LogP) is 3.54. The standard InChI is InChI=1S/C22H17FN4O2/c1-14-6-4-10-19(25-14)26-21(28)17-12-15-8-5-11-24-20(15)27(22(17)29)13-16-7-2-3-9-18(16)23/h2-12H,13H2,1H3,(H,25,26,28). The first-order valence-corrected chi connectivity index (χ1v) is 9.00. The van der Waals surface area contributed by atoms with Crippen LogP contribution in [0.4, 0.5) is 10.2 Å². The minimum Gasteiger partial charge on any atom is -0.306 e. The van der Waals surface area contributed by atoms with Crippen molar-refractivity contribution in [1.29, 1.82) is 0 Å². The summed E-state index contributed by atoms with van der Waals surface area (Å²) in [5.74, 6) is -0.662. The van der Waals surface area contributed by atoms with E-state index in [0.717, 1.165) is 5.69 Å². The zero-order valence-corrected chi connectivity index (χ0v) is 15.6. The summed E-state index contributed by atoms with van der Waals surface area (Å²) in [7, 11) is 0. The molecule has 7 heteroatoms. The quantitative estimate of drug-likeness (QED) is 0.580. The first-order chi connectivity index (χ1) is 14.0. The number of aromatic nitrogens is 3. The van der Waals surface area contributed by atoms with Crippen LogP contribution in [0, 0.1) is 12.7 Å². The summed E-state index contributed by atoms with van der Waals surface area (Å²) in [4.78, 5) is 34.4. The maximum atomic E-state index is 14.2. The number of carbonyl (C=O) groups is 1. The lowest BCUT2D eigenvalue weighted by molar-refractivity contribution is 0.102. The van der Waals surface area contributed by atoms with Gasteiger partial charge in [-0.1, -0.05) is 24.3 Å². The number of fused-ring (bicyclic) bond motifs is 1. The van der Waals surface area contributed by atoms with Crippen molar-refractivity contribution in [3.05, 3.63) is 99.9 Å². The number of halogens is 1. The molecule has 3 aromatic heterocycles. The molecule has 144 valence electrons. The number of anilines is 1. The molecule has 0 atom stereocenters. The number of pyridine rings is 3. The SMILES string of the molecule is Cc1cccc(NC(=O)c2cc3cccnc3n(Cc3ccccc3F)c2=O)n1. The minimum atomic E-state index is -0.582. The third-order valence-electron chi connectivity index (χ3n) is 4.51. The van der Waals surface area contributed by atoms with Crippen molar-refractivity contribution in [2.24, 2.45) is 0 Å². The molecule has 0 aliphatic carbocycles. The van der Waals surface area contributed by atoms with Crippen LogP contribution in [0.1, 0.15) is 21.6 Å². The number of hydrogen-bond donors (Lipinski definition) is 1. The number of amides is 1. The fourth-order valence-electron chi connectivity index (χ4n) is 3.11. The zero-order chi connectivity index (χ0) is 20.4. The zero-order valence-electron chi connectivity index (χ0n) is 15.6. The molecule has 0 fully saturated rings. The number of carbonyl (C=O) groups excluding carboxylic acids is 1. The van der Waals surface area contributed by atoms with Crippen molar-refractivity contribution in [1.82, 2.24) is 14.5 Å². The number of aryl methyl sites for hydroxylation is 1. The van der Waals surface area contributed by atoms with E-state index in [1.165, 1.54) is 16.7 Å². The van der Waals surface area contributed by atoms with Crippen molar-refractivity contribution in [3.8, 4) is 0 Å². The molecule has 0 saturated heterocycles. The van der Waals surface area contributed by atoms with E-state index in [9.17, 15) is 14.0 Å². The molecular weight excluding hydrogens is 371 g/mol. The average molecular weight is 388 g/mol. The highest BCUT2D eigenvalue weighted by atomic mass is 19.1. The van der Waals surface area contributed by atoms with E-state index in [4.69, 9.17) is 0 Å². The van der Waals surface area contributed by atoms with E-state index in [2.05, 4.69) is 15.3 Å². The molecule has 1 amide bonds. The Morgan fingerprint density at radius 1 is 1.10 bits per heavy atom. The molecule has 29 heavy (non-hydrogen) atoms. The first-order valence-electron chi connectivity index (χ1n) is 9.00. The second kappa shape index (κ2) is 7.63. The molecule has 1 aromatic carbocycles. The number of benzene rings is 1. The molecule has 0 radical (unpaired) electrons. The topological polar surface area (TPSA) is 76.9 Å². The van der Waals surface area contributed by atoms with Crippen LogP contribution in [-0.4, -0.2) is 20.4 Å². The Morgan fingerprint density at radius 2 is 1.93 bits per heavy atom. The van der Waals surface area contributed by atoms with E-state index >= 15 is 0 Å². The van der Waals surface area contributed by atoms with Crippen LogP contribution in [0.5, 0.6) is 0 Å². The van der Waals surface area contributed by atoms with Gasteiger partial charge in [-0.2, -0.15) is 0 Å². The smallest absolute Gasteiger partial charge is 0.265 e. The molecule has 0 bridgehead atoms. The molecule has 4 aromatic rings. The maximum Gasteiger partial charge on any atom is 0.265 e. The summed E-state index contributed by atoms with van der Waals surface area (Å²) in [6.07, 6.45) is 1.55. The summed E-state index contributed by atoms with van der Waals surface area (Å²) >= 11 is 0. The Balaban J connectivity index is 1.81. The molecule has 6 nitrogen and oxygen atoms in total. The van der Waals surface area contributed by atoms with Crippen molar-refractivity contribution < 1.29 is 9.18 Å². The van der Waals surface area contributed by atoms with E-state index < -0.39 is 17.3 Å². The molecule has 0 aliphatic heterocycles. The van der Waals surface area contributed by atoms with Crippen molar-refractivity contribution in [2.45, 2.75) is 13.5 Å². The average Bonchev–Trinajstić information content (AvgIpc) is 2.71. The highest BCUT2D eigenvalue weighted by molar-refractivity contribution is 6.05. The fraction of sp³-hybridized carbons (Fsp3) is 0.0909. The number of rotatable bonds is 4. The normalized spacial score (nSPS) is 10.8. The summed E-state index contributed by atoms with van der Waals surface area (Å²) < 4.78 is 15.5. The highest BCUT2D eigenvalue weighted by Crippen LogP contribution is 2.15. The summed E-state index contributed by atoms with van der Waals surface area (Å²) in [5, 5.41) is 3.25. The van der Waals surface area contributed by atoms with Crippen LogP contribution in [0.3, 0.4) is 0 Å². The van der Waals surface area contributed by atoms with Gasteiger partial charge < -0.3 is 5.32 Å². The molecule has 1 N–H and O–H groups in total. The van der Waals surface area contributed by atoms with Gasteiger partial charge in [-0.05, 0) is 43.3 Å². The Bertz CT molecular complexity index is 1280. The van der Waals surface area contributed by atoms with E-state index in [1.807, 2.05) is 0 Å². The number of nitrogens with one attached hydrogen (secondary N) is 1. The lowest BCUT2D eigenvalue weighted by atomic mass is 10.1. The summed E-state index contributed by atoms with van der Waals surface area (Å²) in [6, 6.07) is 16.4. The van der Waals surface area contributed by atoms with Crippen LogP contribution in [-0.2, 0) is 6.54 Å². The summed E-state index contributed by atoms with van der Waals surface area (Å²) in [5.41, 5.74) is 0.836. The Kier molecular flexibility index (Phi) is 4.87. The second-order valence-electron chi connectivity index (χ2n) is 6.58. The predicted molar refractivity (Wildman–Crippen MR) is 108 cm³/mol. The van der Waals surface area contributed by atoms with Gasteiger partial charge in [0, 0.05) is 22.8 Å². The molecule has 3 heterocycles. The number of nitrogens with zero attached hydrogens (tertiary/aromatic N) is 3. The monoisotopic (exact) mass is 388 g/mol. The molecule has 4 rings (SSSR count). The van der Waals surface area contributed by atoms with Crippen LogP contribution in [0.15, 0.2) is 71.7 Å². The third kappa shape index (κ3) is 3.75. The maximum absolute atomic E-state index is 14.2. The van der Waals surface area contributed by atoms with Crippen molar-refractivity contribution in [3.63, 3.8) is 0 Å². The van der Waals surface area contributed by atoms with Gasteiger partial charge in [0.2, 0.25) is 0 Å². The lowest BCUT2D eigenvalue weighted by Crippen LogP contribution is -2.30. The lowest BCUT2D eigenvalue weighted by Gasteiger charge is -2.13.